The molecule has 10 heteroatoms. The van der Waals surface area contributed by atoms with Crippen LogP contribution in [0.15, 0.2) is 23.3 Å². The van der Waals surface area contributed by atoms with Gasteiger partial charge in [-0.3, -0.25) is 29.4 Å². The number of fused-ring (bicyclic) bond motifs is 1. The minimum atomic E-state index is -0.958. The van der Waals surface area contributed by atoms with Gasteiger partial charge in [0.15, 0.2) is 0 Å². The Bertz CT molecular complexity index is 946. The lowest BCUT2D eigenvalue weighted by molar-refractivity contribution is -0.136. The Balaban J connectivity index is 1.51. The molecule has 1 unspecified atom stereocenters. The number of anilines is 1. The summed E-state index contributed by atoms with van der Waals surface area (Å²) in [6, 6.07) is 4.18. The maximum atomic E-state index is 12.9. The van der Waals surface area contributed by atoms with Crippen LogP contribution in [-0.4, -0.2) is 54.2 Å². The Kier molecular flexibility index (Phi) is 4.94. The van der Waals surface area contributed by atoms with Crippen molar-refractivity contribution in [1.29, 1.82) is 0 Å². The highest BCUT2D eigenvalue weighted by molar-refractivity contribution is 6.23. The van der Waals surface area contributed by atoms with E-state index >= 15 is 0 Å². The Labute approximate surface area is 166 Å². The number of rotatable bonds is 4. The quantitative estimate of drug-likeness (QED) is 0.357. The molecule has 4 rings (SSSR count). The van der Waals surface area contributed by atoms with Crippen LogP contribution < -0.4 is 10.2 Å². The molecule has 0 bridgehead atoms. The molecule has 10 nitrogen and oxygen atoms in total. The van der Waals surface area contributed by atoms with Crippen molar-refractivity contribution in [1.82, 2.24) is 10.2 Å². The summed E-state index contributed by atoms with van der Waals surface area (Å²) in [6.45, 7) is 2.02. The van der Waals surface area contributed by atoms with E-state index in [0.29, 0.717) is 12.5 Å². The normalized spacial score (nSPS) is 22.4. The molecule has 0 radical (unpaired) electrons. The van der Waals surface area contributed by atoms with Crippen molar-refractivity contribution in [3.63, 3.8) is 0 Å². The number of piperidine rings is 2. The van der Waals surface area contributed by atoms with E-state index in [1.54, 1.807) is 12.1 Å². The molecule has 3 heterocycles. The zero-order valence-electron chi connectivity index (χ0n) is 15.7. The number of hydrogen-bond donors (Lipinski definition) is 1. The minimum absolute atomic E-state index is 0.0971. The van der Waals surface area contributed by atoms with Crippen LogP contribution in [0.1, 0.15) is 46.4 Å². The highest BCUT2D eigenvalue weighted by Crippen LogP contribution is 2.32. The van der Waals surface area contributed by atoms with E-state index in [1.807, 2.05) is 6.07 Å². The van der Waals surface area contributed by atoms with E-state index in [-0.39, 0.29) is 24.0 Å². The summed E-state index contributed by atoms with van der Waals surface area (Å²) in [6.07, 6.45) is 2.00. The van der Waals surface area contributed by atoms with Crippen LogP contribution in [0.5, 0.6) is 0 Å². The summed E-state index contributed by atoms with van der Waals surface area (Å²) < 4.78 is 0. The Morgan fingerprint density at radius 1 is 1.07 bits per heavy atom. The first-order chi connectivity index (χ1) is 14.0. The van der Waals surface area contributed by atoms with Gasteiger partial charge >= 0.3 is 0 Å². The van der Waals surface area contributed by atoms with Crippen LogP contribution in [0.3, 0.4) is 0 Å². The molecule has 0 aliphatic carbocycles. The lowest BCUT2D eigenvalue weighted by Crippen LogP contribution is -2.54. The second-order valence-electron chi connectivity index (χ2n) is 7.52. The van der Waals surface area contributed by atoms with E-state index in [4.69, 9.17) is 5.53 Å². The summed E-state index contributed by atoms with van der Waals surface area (Å²) >= 11 is 0. The van der Waals surface area contributed by atoms with Gasteiger partial charge in [-0.1, -0.05) is 5.11 Å². The lowest BCUT2D eigenvalue weighted by atomic mass is 9.96. The molecule has 3 aliphatic rings. The summed E-state index contributed by atoms with van der Waals surface area (Å²) in [5.74, 6) is -1.66. The predicted molar refractivity (Wildman–Crippen MR) is 102 cm³/mol. The molecule has 29 heavy (non-hydrogen) atoms. The van der Waals surface area contributed by atoms with Gasteiger partial charge in [-0.25, -0.2) is 0 Å². The maximum absolute atomic E-state index is 12.9. The van der Waals surface area contributed by atoms with Gasteiger partial charge in [0.2, 0.25) is 11.8 Å². The molecule has 0 saturated carbocycles. The van der Waals surface area contributed by atoms with Crippen LogP contribution in [0, 0.1) is 5.92 Å². The van der Waals surface area contributed by atoms with E-state index in [0.717, 1.165) is 36.5 Å². The van der Waals surface area contributed by atoms with Crippen molar-refractivity contribution in [2.45, 2.75) is 31.7 Å². The fraction of sp³-hybridized carbons (Fsp3) is 0.474. The Morgan fingerprint density at radius 3 is 2.48 bits per heavy atom. The summed E-state index contributed by atoms with van der Waals surface area (Å²) in [5.41, 5.74) is 9.86. The van der Waals surface area contributed by atoms with Crippen LogP contribution in [0.25, 0.3) is 10.4 Å². The highest BCUT2D eigenvalue weighted by atomic mass is 16.2. The predicted octanol–water partition coefficient (Wildman–Crippen LogP) is 1.61. The summed E-state index contributed by atoms with van der Waals surface area (Å²) in [7, 11) is 0. The second-order valence-corrected chi connectivity index (χ2v) is 7.52. The number of benzene rings is 1. The zero-order valence-corrected chi connectivity index (χ0v) is 15.7. The number of nitrogens with zero attached hydrogens (tertiary/aromatic N) is 5. The van der Waals surface area contributed by atoms with Gasteiger partial charge in [0.25, 0.3) is 11.8 Å². The zero-order chi connectivity index (χ0) is 20.5. The first-order valence-electron chi connectivity index (χ1n) is 9.61. The third kappa shape index (κ3) is 3.42. The van der Waals surface area contributed by atoms with Crippen LogP contribution in [-0.2, 0) is 9.59 Å². The Hall–Kier alpha value is -3.39. The Morgan fingerprint density at radius 2 is 1.79 bits per heavy atom. The molecule has 2 fully saturated rings. The van der Waals surface area contributed by atoms with Crippen molar-refractivity contribution in [3.8, 4) is 0 Å². The van der Waals surface area contributed by atoms with Crippen LogP contribution in [0.2, 0.25) is 0 Å². The average molecular weight is 396 g/mol. The average Bonchev–Trinajstić information content (AvgIpc) is 2.97. The van der Waals surface area contributed by atoms with Crippen molar-refractivity contribution >= 4 is 29.3 Å². The molecule has 0 aromatic heterocycles. The highest BCUT2D eigenvalue weighted by Gasteiger charge is 2.44. The lowest BCUT2D eigenvalue weighted by Gasteiger charge is -2.33. The van der Waals surface area contributed by atoms with Gasteiger partial charge in [0, 0.05) is 36.7 Å². The van der Waals surface area contributed by atoms with Crippen molar-refractivity contribution in [3.05, 3.63) is 39.8 Å². The van der Waals surface area contributed by atoms with Gasteiger partial charge in [-0.2, -0.15) is 0 Å². The van der Waals surface area contributed by atoms with Gasteiger partial charge < -0.3 is 4.90 Å². The minimum Gasteiger partial charge on any atom is -0.371 e. The molecule has 1 aromatic carbocycles. The third-order valence-corrected chi connectivity index (χ3v) is 5.81. The van der Waals surface area contributed by atoms with Crippen LogP contribution >= 0.6 is 0 Å². The van der Waals surface area contributed by atoms with E-state index in [2.05, 4.69) is 20.2 Å². The summed E-state index contributed by atoms with van der Waals surface area (Å²) in [4.78, 5) is 55.1. The fourth-order valence-electron chi connectivity index (χ4n) is 4.18. The number of carbonyl (C=O) groups is 4. The fourth-order valence-corrected chi connectivity index (χ4v) is 4.18. The second kappa shape index (κ2) is 7.56. The molecular weight excluding hydrogens is 376 g/mol. The maximum Gasteiger partial charge on any atom is 0.262 e. The molecule has 1 aromatic rings. The number of azide groups is 1. The molecule has 3 aliphatic heterocycles. The number of imide groups is 2. The van der Waals surface area contributed by atoms with Crippen LogP contribution in [0.4, 0.5) is 5.69 Å². The largest absolute Gasteiger partial charge is 0.371 e. The monoisotopic (exact) mass is 396 g/mol. The summed E-state index contributed by atoms with van der Waals surface area (Å²) in [5, 5.41) is 5.84. The molecule has 1 atom stereocenters. The molecule has 4 amide bonds. The first kappa shape index (κ1) is 18.9. The number of nitrogens with one attached hydrogen (secondary N) is 1. The van der Waals surface area contributed by atoms with E-state index in [1.165, 1.54) is 0 Å². The molecule has 0 spiro atoms. The smallest absolute Gasteiger partial charge is 0.262 e. The van der Waals surface area contributed by atoms with Crippen molar-refractivity contribution in [2.75, 3.05) is 24.5 Å². The molecule has 2 saturated heterocycles. The first-order valence-corrected chi connectivity index (χ1v) is 9.61. The standard InChI is InChI=1S/C19H20N6O4/c20-23-21-10-11-5-7-24(8-6-11)12-1-2-13-14(9-12)19(29)25(18(13)28)15-3-4-16(26)22-17(15)27/h1-2,9,11,15H,3-8,10H2,(H,22,26,27). The molecular formula is C19H20N6O4. The number of amides is 4. The van der Waals surface area contributed by atoms with E-state index < -0.39 is 29.7 Å². The SMILES string of the molecule is [N-]=[N+]=NCC1CCN(c2ccc3c(c2)C(=O)N(C2CCC(=O)NC2=O)C3=O)CC1. The van der Waals surface area contributed by atoms with Crippen molar-refractivity contribution < 1.29 is 19.2 Å². The van der Waals surface area contributed by atoms with E-state index in [9.17, 15) is 19.2 Å². The number of hydrogen-bond acceptors (Lipinski definition) is 6. The molecule has 1 N–H and O–H groups in total. The molecule has 150 valence electrons. The van der Waals surface area contributed by atoms with Crippen molar-refractivity contribution in [2.24, 2.45) is 11.0 Å². The van der Waals surface area contributed by atoms with Gasteiger partial charge in [-0.05, 0) is 48.9 Å². The number of carbonyl (C=O) groups excluding carboxylic acids is 4. The van der Waals surface area contributed by atoms with Gasteiger partial charge in [0.1, 0.15) is 6.04 Å². The van der Waals surface area contributed by atoms with Gasteiger partial charge in [0.05, 0.1) is 11.1 Å². The van der Waals surface area contributed by atoms with Gasteiger partial charge in [-0.15, -0.1) is 0 Å². The third-order valence-electron chi connectivity index (χ3n) is 5.81. The topological polar surface area (TPSA) is 136 Å².